The van der Waals surface area contributed by atoms with Gasteiger partial charge in [-0.25, -0.2) is 0 Å². The van der Waals surface area contributed by atoms with E-state index in [1.54, 1.807) is 17.4 Å². The molecule has 0 saturated heterocycles. The summed E-state index contributed by atoms with van der Waals surface area (Å²) in [5, 5.41) is 0. The molecule has 0 N–H and O–H groups in total. The third kappa shape index (κ3) is 3.45. The van der Waals surface area contributed by atoms with Crippen molar-refractivity contribution in [3.63, 3.8) is 0 Å². The number of hydrogen-bond acceptors (Lipinski definition) is 0. The summed E-state index contributed by atoms with van der Waals surface area (Å²) in [4.78, 5) is 0. The van der Waals surface area contributed by atoms with Crippen LogP contribution < -0.4 is 17.4 Å². The zero-order valence-corrected chi connectivity index (χ0v) is 19.2. The average molecular weight is 473 g/mol. The second-order valence-corrected chi connectivity index (χ2v) is 28.8. The van der Waals surface area contributed by atoms with E-state index in [1.165, 1.54) is 0 Å². The van der Waals surface area contributed by atoms with E-state index in [-0.39, 0.29) is 0 Å². The number of hydrogen-bond donors (Lipinski definition) is 0. The van der Waals surface area contributed by atoms with Gasteiger partial charge in [-0.3, -0.25) is 0 Å². The quantitative estimate of drug-likeness (QED) is 0.391. The summed E-state index contributed by atoms with van der Waals surface area (Å²) in [6, 6.07) is 45.2. The molecule has 4 aromatic carbocycles. The van der Waals surface area contributed by atoms with Gasteiger partial charge in [-0.15, -0.1) is 0 Å². The Hall–Kier alpha value is -2.00. The second kappa shape index (κ2) is 8.35. The molecule has 0 amide bonds. The Bertz CT molecular complexity index is 871. The summed E-state index contributed by atoms with van der Waals surface area (Å²) in [6.07, 6.45) is 0. The van der Waals surface area contributed by atoms with E-state index in [0.29, 0.717) is 0 Å². The van der Waals surface area contributed by atoms with E-state index in [9.17, 15) is 0 Å². The van der Waals surface area contributed by atoms with E-state index < -0.39 is 24.1 Å². The van der Waals surface area contributed by atoms with Crippen molar-refractivity contribution >= 4 is 41.5 Å². The maximum atomic E-state index is 2.57. The predicted molar refractivity (Wildman–Crippen MR) is 122 cm³/mol. The fraction of sp³-hybridized carbons (Fsp3) is 0.0400. The van der Waals surface area contributed by atoms with E-state index in [2.05, 4.69) is 127 Å². The molecule has 0 aliphatic heterocycles. The van der Waals surface area contributed by atoms with Crippen LogP contribution >= 0.6 is 0 Å². The molecule has 0 saturated carbocycles. The molecule has 0 aromatic heterocycles. The Morgan fingerprint density at radius 1 is 0.444 bits per heavy atom. The summed E-state index contributed by atoms with van der Waals surface area (Å²) in [5.74, 6) is 0. The predicted octanol–water partition coefficient (Wildman–Crippen LogP) is 3.27. The van der Waals surface area contributed by atoms with E-state index >= 15 is 0 Å². The minimum atomic E-state index is -2.60. The summed E-state index contributed by atoms with van der Waals surface area (Å²) in [7, 11) is 0. The van der Waals surface area contributed by atoms with Crippen molar-refractivity contribution in [2.24, 2.45) is 0 Å². The Morgan fingerprint density at radius 2 is 0.741 bits per heavy atom. The first-order chi connectivity index (χ1) is 13.3. The van der Waals surface area contributed by atoms with Gasteiger partial charge in [0.2, 0.25) is 0 Å². The van der Waals surface area contributed by atoms with Gasteiger partial charge in [-0.05, 0) is 0 Å². The van der Waals surface area contributed by atoms with Crippen molar-refractivity contribution in [3.05, 3.63) is 121 Å². The maximum absolute atomic E-state index is 2.60. The Labute approximate surface area is 167 Å². The molecular weight excluding hydrogens is 450 g/mol. The van der Waals surface area contributed by atoms with E-state index in [1.807, 2.05) is 0 Å². The minimum absolute atomic E-state index is 1.41. The second-order valence-electron chi connectivity index (χ2n) is 6.50. The summed E-state index contributed by atoms with van der Waals surface area (Å²) in [6.45, 7) is 0. The summed E-state index contributed by atoms with van der Waals surface area (Å²) < 4.78 is 6.23. The fourth-order valence-electron chi connectivity index (χ4n) is 3.71. The molecule has 4 aromatic rings. The number of rotatable bonds is 5. The van der Waals surface area contributed by atoms with Crippen LogP contribution in [0.5, 0.6) is 0 Å². The molecule has 0 aliphatic carbocycles. The number of benzene rings is 4. The molecule has 1 unspecified atom stereocenters. The van der Waals surface area contributed by atoms with Gasteiger partial charge >= 0.3 is 169 Å². The Kier molecular flexibility index (Phi) is 5.68. The van der Waals surface area contributed by atoms with Crippen molar-refractivity contribution < 1.29 is 0 Å². The first-order valence-corrected chi connectivity index (χ1v) is 20.0. The van der Waals surface area contributed by atoms with Crippen molar-refractivity contribution in [2.45, 2.75) is 5.71 Å². The van der Waals surface area contributed by atoms with Crippen LogP contribution in [-0.4, -0.2) is 24.1 Å². The first kappa shape index (κ1) is 18.4. The van der Waals surface area contributed by atoms with Crippen molar-refractivity contribution in [3.8, 4) is 0 Å². The Morgan fingerprint density at radius 3 is 1.07 bits per heavy atom. The molecular formula is C25H23As2+. The van der Waals surface area contributed by atoms with Crippen LogP contribution in [0, 0.1) is 0 Å². The van der Waals surface area contributed by atoms with Gasteiger partial charge in [0.25, 0.3) is 0 Å². The summed E-state index contributed by atoms with van der Waals surface area (Å²) in [5.41, 5.74) is 2.57. The topological polar surface area (TPSA) is 0 Å². The molecule has 132 valence electrons. The van der Waals surface area contributed by atoms with Crippen molar-refractivity contribution in [1.29, 1.82) is 0 Å². The molecule has 0 aliphatic rings. The summed E-state index contributed by atoms with van der Waals surface area (Å²) >= 11 is -4.01. The third-order valence-corrected chi connectivity index (χ3v) is 35.5. The van der Waals surface area contributed by atoms with Crippen molar-refractivity contribution in [2.75, 3.05) is 0 Å². The molecule has 1 atom stereocenters. The van der Waals surface area contributed by atoms with E-state index in [0.717, 1.165) is 0 Å². The van der Waals surface area contributed by atoms with Crippen LogP contribution in [0.2, 0.25) is 5.71 Å². The molecule has 2 heteroatoms. The van der Waals surface area contributed by atoms with Gasteiger partial charge in [-0.1, -0.05) is 0 Å². The van der Waals surface area contributed by atoms with Gasteiger partial charge < -0.3 is 0 Å². The molecule has 0 nitrogen and oxygen atoms in total. The molecule has 0 heterocycles. The van der Waals surface area contributed by atoms with Gasteiger partial charge in [-0.2, -0.15) is 0 Å². The van der Waals surface area contributed by atoms with Gasteiger partial charge in [0.1, 0.15) is 0 Å². The average Bonchev–Trinajstić information content (AvgIpc) is 2.77. The standard InChI is InChI=1S/C25H23As2/c1-26(22-14-6-2-7-15-22)27(23-16-8-3-9-17-23,24-18-10-4-11-19-24)25-20-12-5-13-21-25/h2-21H,1H3/q+1. The Balaban J connectivity index is 2.07. The van der Waals surface area contributed by atoms with E-state index in [4.69, 9.17) is 0 Å². The third-order valence-electron chi connectivity index (χ3n) is 4.97. The van der Waals surface area contributed by atoms with Crippen LogP contribution in [0.25, 0.3) is 0 Å². The molecule has 0 radical (unpaired) electrons. The van der Waals surface area contributed by atoms with Crippen LogP contribution in [0.3, 0.4) is 0 Å². The van der Waals surface area contributed by atoms with Crippen LogP contribution in [0.4, 0.5) is 0 Å². The van der Waals surface area contributed by atoms with Crippen LogP contribution in [0.1, 0.15) is 0 Å². The zero-order chi connectivity index (χ0) is 18.5. The van der Waals surface area contributed by atoms with Gasteiger partial charge in [0, 0.05) is 0 Å². The first-order valence-electron chi connectivity index (χ1n) is 9.18. The van der Waals surface area contributed by atoms with Gasteiger partial charge in [0.15, 0.2) is 0 Å². The monoisotopic (exact) mass is 473 g/mol. The zero-order valence-electron chi connectivity index (χ0n) is 15.4. The van der Waals surface area contributed by atoms with Crippen LogP contribution in [0.15, 0.2) is 121 Å². The fourth-order valence-corrected chi connectivity index (χ4v) is 34.5. The molecule has 0 spiro atoms. The molecule has 0 bridgehead atoms. The van der Waals surface area contributed by atoms with Gasteiger partial charge in [0.05, 0.1) is 0 Å². The molecule has 0 fully saturated rings. The molecule has 4 rings (SSSR count). The van der Waals surface area contributed by atoms with Crippen LogP contribution in [-0.2, 0) is 0 Å². The normalized spacial score (nSPS) is 12.5. The van der Waals surface area contributed by atoms with Crippen molar-refractivity contribution in [1.82, 2.24) is 0 Å². The SMILES string of the molecule is C[As](c1ccccc1)[As+](c1ccccc1)(c1ccccc1)c1ccccc1. The molecule has 27 heavy (non-hydrogen) atoms.